The summed E-state index contributed by atoms with van der Waals surface area (Å²) in [5.41, 5.74) is 0.711. The van der Waals surface area contributed by atoms with Gasteiger partial charge in [0.15, 0.2) is 0 Å². The summed E-state index contributed by atoms with van der Waals surface area (Å²) in [6.07, 6.45) is 5.22. The molecule has 1 heterocycles. The molecule has 1 aromatic rings. The number of hydrogen-bond donors (Lipinski definition) is 2. The molecule has 2 fully saturated rings. The fourth-order valence-electron chi connectivity index (χ4n) is 3.72. The lowest BCUT2D eigenvalue weighted by Gasteiger charge is -2.37. The van der Waals surface area contributed by atoms with Gasteiger partial charge in [0.05, 0.1) is 6.10 Å². The van der Waals surface area contributed by atoms with Crippen LogP contribution in [0.15, 0.2) is 22.7 Å². The summed E-state index contributed by atoms with van der Waals surface area (Å²) in [6, 6.07) is 5.87. The molecular formula is C17H24BrFN2O. The van der Waals surface area contributed by atoms with Gasteiger partial charge < -0.3 is 10.4 Å². The Morgan fingerprint density at radius 3 is 2.68 bits per heavy atom. The maximum absolute atomic E-state index is 13.7. The minimum absolute atomic E-state index is 0.139. The van der Waals surface area contributed by atoms with Gasteiger partial charge in [0.1, 0.15) is 5.82 Å². The molecule has 5 heteroatoms. The second-order valence-electron chi connectivity index (χ2n) is 6.49. The molecule has 0 spiro atoms. The Labute approximate surface area is 140 Å². The predicted octanol–water partition coefficient (Wildman–Crippen LogP) is 3.06. The fourth-order valence-corrected chi connectivity index (χ4v) is 4.12. The number of likely N-dealkylation sites (tertiary alicyclic amines) is 1. The van der Waals surface area contributed by atoms with Crippen molar-refractivity contribution in [2.75, 3.05) is 13.1 Å². The van der Waals surface area contributed by atoms with Crippen LogP contribution in [0.25, 0.3) is 0 Å². The molecule has 1 aliphatic heterocycles. The summed E-state index contributed by atoms with van der Waals surface area (Å²) >= 11 is 3.39. The largest absolute Gasteiger partial charge is 0.391 e. The monoisotopic (exact) mass is 370 g/mol. The first kappa shape index (κ1) is 16.4. The number of benzene rings is 1. The molecule has 2 N–H and O–H groups in total. The SMILES string of the molecule is O[C@@H]1CCC[C@H]1N1CCC(NCc2cc(Br)ccc2F)CC1. The highest BCUT2D eigenvalue weighted by atomic mass is 79.9. The lowest BCUT2D eigenvalue weighted by Crippen LogP contribution is -2.48. The molecule has 0 bridgehead atoms. The lowest BCUT2D eigenvalue weighted by molar-refractivity contribution is 0.0526. The average Bonchev–Trinajstić information content (AvgIpc) is 2.95. The van der Waals surface area contributed by atoms with Crippen molar-refractivity contribution in [3.05, 3.63) is 34.1 Å². The van der Waals surface area contributed by atoms with E-state index in [9.17, 15) is 9.50 Å². The van der Waals surface area contributed by atoms with Crippen LogP contribution in [0.1, 0.15) is 37.7 Å². The van der Waals surface area contributed by atoms with Gasteiger partial charge in [-0.25, -0.2) is 4.39 Å². The summed E-state index contributed by atoms with van der Waals surface area (Å²) < 4.78 is 14.6. The first-order chi connectivity index (χ1) is 10.6. The van der Waals surface area contributed by atoms with Crippen LogP contribution in [-0.4, -0.2) is 41.3 Å². The summed E-state index contributed by atoms with van der Waals surface area (Å²) in [4.78, 5) is 2.44. The number of nitrogens with one attached hydrogen (secondary N) is 1. The highest BCUT2D eigenvalue weighted by Crippen LogP contribution is 2.27. The number of hydrogen-bond acceptors (Lipinski definition) is 3. The van der Waals surface area contributed by atoms with Crippen molar-refractivity contribution < 1.29 is 9.50 Å². The van der Waals surface area contributed by atoms with Crippen molar-refractivity contribution in [2.45, 2.75) is 56.8 Å². The standard InChI is InChI=1S/C17H24BrFN2O/c18-13-4-5-15(19)12(10-13)11-20-14-6-8-21(9-7-14)16-2-1-3-17(16)22/h4-5,10,14,16-17,20,22H,1-3,6-9,11H2/t16-,17-/m1/s1. The first-order valence-electron chi connectivity index (χ1n) is 8.23. The number of nitrogens with zero attached hydrogens (tertiary/aromatic N) is 1. The van der Waals surface area contributed by atoms with Crippen molar-refractivity contribution in [2.24, 2.45) is 0 Å². The van der Waals surface area contributed by atoms with E-state index in [-0.39, 0.29) is 11.9 Å². The van der Waals surface area contributed by atoms with Gasteiger partial charge in [-0.2, -0.15) is 0 Å². The van der Waals surface area contributed by atoms with Crippen LogP contribution in [0, 0.1) is 5.82 Å². The van der Waals surface area contributed by atoms with Gasteiger partial charge in [-0.3, -0.25) is 4.90 Å². The summed E-state index contributed by atoms with van der Waals surface area (Å²) in [6.45, 7) is 2.63. The van der Waals surface area contributed by atoms with E-state index in [4.69, 9.17) is 0 Å². The van der Waals surface area contributed by atoms with E-state index in [1.807, 2.05) is 6.07 Å². The number of piperidine rings is 1. The van der Waals surface area contributed by atoms with Crippen LogP contribution in [0.5, 0.6) is 0 Å². The zero-order valence-electron chi connectivity index (χ0n) is 12.8. The highest BCUT2D eigenvalue weighted by Gasteiger charge is 2.32. The van der Waals surface area contributed by atoms with Crippen LogP contribution in [0.2, 0.25) is 0 Å². The molecule has 122 valence electrons. The Morgan fingerprint density at radius 1 is 1.23 bits per heavy atom. The Kier molecular flexibility index (Phi) is 5.50. The lowest BCUT2D eigenvalue weighted by atomic mass is 10.0. The quantitative estimate of drug-likeness (QED) is 0.854. The Balaban J connectivity index is 1.47. The molecule has 1 aliphatic carbocycles. The zero-order chi connectivity index (χ0) is 15.5. The number of aliphatic hydroxyl groups is 1. The van der Waals surface area contributed by atoms with Crippen LogP contribution in [-0.2, 0) is 6.54 Å². The minimum Gasteiger partial charge on any atom is -0.391 e. The molecule has 1 aromatic carbocycles. The molecule has 0 amide bonds. The van der Waals surface area contributed by atoms with Crippen LogP contribution in [0.3, 0.4) is 0 Å². The third-order valence-corrected chi connectivity index (χ3v) is 5.52. The predicted molar refractivity (Wildman–Crippen MR) is 89.2 cm³/mol. The maximum Gasteiger partial charge on any atom is 0.127 e. The van der Waals surface area contributed by atoms with Crippen molar-refractivity contribution in [1.82, 2.24) is 10.2 Å². The summed E-state index contributed by atoms with van der Waals surface area (Å²) in [7, 11) is 0. The third-order valence-electron chi connectivity index (χ3n) is 5.03. The highest BCUT2D eigenvalue weighted by molar-refractivity contribution is 9.10. The van der Waals surface area contributed by atoms with E-state index in [1.165, 1.54) is 6.07 Å². The fraction of sp³-hybridized carbons (Fsp3) is 0.647. The molecular weight excluding hydrogens is 347 g/mol. The normalized spacial score (nSPS) is 27.4. The minimum atomic E-state index is -0.151. The molecule has 1 saturated carbocycles. The van der Waals surface area contributed by atoms with Crippen LogP contribution < -0.4 is 5.32 Å². The Bertz CT molecular complexity index is 505. The zero-order valence-corrected chi connectivity index (χ0v) is 14.4. The topological polar surface area (TPSA) is 35.5 Å². The molecule has 0 aromatic heterocycles. The molecule has 3 rings (SSSR count). The smallest absolute Gasteiger partial charge is 0.127 e. The molecule has 22 heavy (non-hydrogen) atoms. The van der Waals surface area contributed by atoms with E-state index in [2.05, 4.69) is 26.1 Å². The molecule has 0 unspecified atom stereocenters. The second-order valence-corrected chi connectivity index (χ2v) is 7.41. The average molecular weight is 371 g/mol. The first-order valence-corrected chi connectivity index (χ1v) is 9.02. The second kappa shape index (κ2) is 7.39. The van der Waals surface area contributed by atoms with Gasteiger partial charge in [0.2, 0.25) is 0 Å². The van der Waals surface area contributed by atoms with E-state index >= 15 is 0 Å². The van der Waals surface area contributed by atoms with Crippen molar-refractivity contribution in [1.29, 1.82) is 0 Å². The molecule has 2 aliphatic rings. The Hall–Kier alpha value is -0.490. The van der Waals surface area contributed by atoms with Gasteiger partial charge >= 0.3 is 0 Å². The van der Waals surface area contributed by atoms with Crippen LogP contribution >= 0.6 is 15.9 Å². The van der Waals surface area contributed by atoms with Crippen molar-refractivity contribution >= 4 is 15.9 Å². The number of aliphatic hydroxyl groups excluding tert-OH is 1. The van der Waals surface area contributed by atoms with Crippen LogP contribution in [0.4, 0.5) is 4.39 Å². The van der Waals surface area contributed by atoms with Gasteiger partial charge in [0, 0.05) is 41.8 Å². The molecule has 0 radical (unpaired) electrons. The maximum atomic E-state index is 13.7. The number of rotatable bonds is 4. The van der Waals surface area contributed by atoms with Gasteiger partial charge in [-0.15, -0.1) is 0 Å². The van der Waals surface area contributed by atoms with Gasteiger partial charge in [-0.05, 0) is 50.3 Å². The Morgan fingerprint density at radius 2 is 2.00 bits per heavy atom. The molecule has 2 atom stereocenters. The van der Waals surface area contributed by atoms with Gasteiger partial charge in [0.25, 0.3) is 0 Å². The third kappa shape index (κ3) is 3.88. The summed E-state index contributed by atoms with van der Waals surface area (Å²) in [5.74, 6) is -0.151. The van der Waals surface area contributed by atoms with E-state index in [0.717, 1.165) is 49.7 Å². The van der Waals surface area contributed by atoms with E-state index in [0.29, 0.717) is 24.2 Å². The molecule has 3 nitrogen and oxygen atoms in total. The number of halogens is 2. The van der Waals surface area contributed by atoms with Crippen molar-refractivity contribution in [3.8, 4) is 0 Å². The van der Waals surface area contributed by atoms with Gasteiger partial charge in [-0.1, -0.05) is 15.9 Å². The van der Waals surface area contributed by atoms with E-state index in [1.54, 1.807) is 6.07 Å². The van der Waals surface area contributed by atoms with E-state index < -0.39 is 0 Å². The summed E-state index contributed by atoms with van der Waals surface area (Å²) in [5, 5.41) is 13.5. The molecule has 1 saturated heterocycles. The van der Waals surface area contributed by atoms with Crippen molar-refractivity contribution in [3.63, 3.8) is 0 Å².